The van der Waals surface area contributed by atoms with E-state index < -0.39 is 0 Å². The van der Waals surface area contributed by atoms with Gasteiger partial charge in [-0.05, 0) is 38.1 Å². The highest BCUT2D eigenvalue weighted by Gasteiger charge is 2.08. The average molecular weight is 254 g/mol. The fraction of sp³-hybridized carbons (Fsp3) is 0.267. The van der Waals surface area contributed by atoms with Crippen LogP contribution in [0, 0.1) is 13.8 Å². The van der Waals surface area contributed by atoms with Gasteiger partial charge in [0, 0.05) is 47.6 Å². The molecule has 19 heavy (non-hydrogen) atoms. The maximum Gasteiger partial charge on any atom is 0.0646 e. The smallest absolute Gasteiger partial charge is 0.0646 e. The summed E-state index contributed by atoms with van der Waals surface area (Å²) in [4.78, 5) is 3.20. The molecule has 98 valence electrons. The highest BCUT2D eigenvalue weighted by molar-refractivity contribution is 5.82. The van der Waals surface area contributed by atoms with Crippen LogP contribution < -0.4 is 5.32 Å². The maximum absolute atomic E-state index is 4.44. The summed E-state index contributed by atoms with van der Waals surface area (Å²) in [5.41, 5.74) is 5.88. The molecule has 0 bridgehead atoms. The van der Waals surface area contributed by atoms with Crippen LogP contribution in [0.3, 0.4) is 0 Å². The monoisotopic (exact) mass is 254 g/mol. The lowest BCUT2D eigenvalue weighted by molar-refractivity contribution is 0.730. The standard InChI is InChI=1S/C15H18N4/c1-10-14(11(2)19(3)18-10)9-17-13-4-5-15-12(8-13)6-7-16-15/h4-8,16-17H,9H2,1-3H3. The van der Waals surface area contributed by atoms with Gasteiger partial charge in [-0.25, -0.2) is 0 Å². The maximum atomic E-state index is 4.44. The van der Waals surface area contributed by atoms with E-state index >= 15 is 0 Å². The summed E-state index contributed by atoms with van der Waals surface area (Å²) in [6, 6.07) is 8.44. The molecule has 4 nitrogen and oxygen atoms in total. The molecule has 0 fully saturated rings. The van der Waals surface area contributed by atoms with Gasteiger partial charge < -0.3 is 10.3 Å². The average Bonchev–Trinajstić information content (AvgIpc) is 2.94. The number of aryl methyl sites for hydroxylation is 2. The number of nitrogens with one attached hydrogen (secondary N) is 2. The molecule has 2 aromatic heterocycles. The lowest BCUT2D eigenvalue weighted by Crippen LogP contribution is -2.02. The van der Waals surface area contributed by atoms with Crippen molar-refractivity contribution in [1.82, 2.24) is 14.8 Å². The Labute approximate surface area is 112 Å². The van der Waals surface area contributed by atoms with Crippen LogP contribution in [0.25, 0.3) is 10.9 Å². The molecule has 0 amide bonds. The first-order chi connectivity index (χ1) is 9.15. The van der Waals surface area contributed by atoms with Crippen molar-refractivity contribution in [3.05, 3.63) is 47.4 Å². The summed E-state index contributed by atoms with van der Waals surface area (Å²) in [6.45, 7) is 4.97. The number of aromatic amines is 1. The van der Waals surface area contributed by atoms with Crippen molar-refractivity contribution in [3.8, 4) is 0 Å². The van der Waals surface area contributed by atoms with Crippen molar-refractivity contribution in [1.29, 1.82) is 0 Å². The van der Waals surface area contributed by atoms with Gasteiger partial charge in [0.2, 0.25) is 0 Å². The Morgan fingerprint density at radius 1 is 1.26 bits per heavy atom. The number of rotatable bonds is 3. The first kappa shape index (κ1) is 11.8. The normalized spacial score (nSPS) is 11.1. The fourth-order valence-corrected chi connectivity index (χ4v) is 2.43. The van der Waals surface area contributed by atoms with Crippen molar-refractivity contribution in [2.24, 2.45) is 7.05 Å². The van der Waals surface area contributed by atoms with E-state index in [-0.39, 0.29) is 0 Å². The lowest BCUT2D eigenvalue weighted by Gasteiger charge is -2.07. The molecule has 3 aromatic rings. The molecule has 2 heterocycles. The molecule has 0 radical (unpaired) electrons. The molecule has 0 saturated carbocycles. The van der Waals surface area contributed by atoms with Gasteiger partial charge in [0.05, 0.1) is 5.69 Å². The molecule has 0 atom stereocenters. The second kappa shape index (κ2) is 4.46. The van der Waals surface area contributed by atoms with Gasteiger partial charge in [-0.2, -0.15) is 5.10 Å². The van der Waals surface area contributed by atoms with Crippen LogP contribution in [0.5, 0.6) is 0 Å². The number of hydrogen-bond acceptors (Lipinski definition) is 2. The number of benzene rings is 1. The van der Waals surface area contributed by atoms with E-state index in [2.05, 4.69) is 53.5 Å². The second-order valence-electron chi connectivity index (χ2n) is 4.91. The number of anilines is 1. The topological polar surface area (TPSA) is 45.6 Å². The van der Waals surface area contributed by atoms with E-state index in [0.29, 0.717) is 0 Å². The molecule has 0 aliphatic carbocycles. The Balaban J connectivity index is 1.81. The Morgan fingerprint density at radius 2 is 2.11 bits per heavy atom. The zero-order valence-electron chi connectivity index (χ0n) is 11.5. The van der Waals surface area contributed by atoms with E-state index in [4.69, 9.17) is 0 Å². The molecule has 0 saturated heterocycles. The molecule has 2 N–H and O–H groups in total. The predicted molar refractivity (Wildman–Crippen MR) is 78.3 cm³/mol. The first-order valence-corrected chi connectivity index (χ1v) is 6.45. The molecule has 0 unspecified atom stereocenters. The molecule has 0 aliphatic heterocycles. The quantitative estimate of drug-likeness (QED) is 0.754. The number of fused-ring (bicyclic) bond motifs is 1. The van der Waals surface area contributed by atoms with E-state index in [9.17, 15) is 0 Å². The van der Waals surface area contributed by atoms with Crippen LogP contribution in [0.15, 0.2) is 30.5 Å². The van der Waals surface area contributed by atoms with Crippen molar-refractivity contribution >= 4 is 16.6 Å². The Kier molecular flexibility index (Phi) is 2.78. The van der Waals surface area contributed by atoms with Crippen LogP contribution in [0.4, 0.5) is 5.69 Å². The summed E-state index contributed by atoms with van der Waals surface area (Å²) in [5, 5.41) is 9.13. The minimum atomic E-state index is 0.807. The van der Waals surface area contributed by atoms with E-state index in [1.807, 2.05) is 17.9 Å². The van der Waals surface area contributed by atoms with Crippen molar-refractivity contribution in [3.63, 3.8) is 0 Å². The molecule has 0 spiro atoms. The van der Waals surface area contributed by atoms with E-state index in [1.54, 1.807) is 0 Å². The van der Waals surface area contributed by atoms with Crippen LogP contribution in [0.2, 0.25) is 0 Å². The van der Waals surface area contributed by atoms with Gasteiger partial charge in [-0.1, -0.05) is 0 Å². The van der Waals surface area contributed by atoms with Crippen LogP contribution >= 0.6 is 0 Å². The number of aromatic nitrogens is 3. The first-order valence-electron chi connectivity index (χ1n) is 6.45. The molecule has 1 aromatic carbocycles. The van der Waals surface area contributed by atoms with E-state index in [0.717, 1.165) is 17.9 Å². The van der Waals surface area contributed by atoms with Crippen LogP contribution in [-0.2, 0) is 13.6 Å². The fourth-order valence-electron chi connectivity index (χ4n) is 2.43. The van der Waals surface area contributed by atoms with Gasteiger partial charge in [0.1, 0.15) is 0 Å². The van der Waals surface area contributed by atoms with Crippen molar-refractivity contribution in [2.75, 3.05) is 5.32 Å². The summed E-state index contributed by atoms with van der Waals surface area (Å²) in [5.74, 6) is 0. The molecule has 4 heteroatoms. The summed E-state index contributed by atoms with van der Waals surface area (Å²) < 4.78 is 1.93. The number of nitrogens with zero attached hydrogens (tertiary/aromatic N) is 2. The molecule has 3 rings (SSSR count). The highest BCUT2D eigenvalue weighted by atomic mass is 15.3. The van der Waals surface area contributed by atoms with Gasteiger partial charge in [-0.15, -0.1) is 0 Å². The number of H-pyrrole nitrogens is 1. The predicted octanol–water partition coefficient (Wildman–Crippen LogP) is 3.13. The zero-order valence-corrected chi connectivity index (χ0v) is 11.5. The second-order valence-corrected chi connectivity index (χ2v) is 4.91. The Bertz CT molecular complexity index is 721. The molecule has 0 aliphatic rings. The highest BCUT2D eigenvalue weighted by Crippen LogP contribution is 2.19. The van der Waals surface area contributed by atoms with Gasteiger partial charge in [0.15, 0.2) is 0 Å². The largest absolute Gasteiger partial charge is 0.381 e. The minimum absolute atomic E-state index is 0.807. The molecular weight excluding hydrogens is 236 g/mol. The summed E-state index contributed by atoms with van der Waals surface area (Å²) >= 11 is 0. The number of hydrogen-bond donors (Lipinski definition) is 2. The third kappa shape index (κ3) is 2.10. The molecular formula is C15H18N4. The lowest BCUT2D eigenvalue weighted by atomic mass is 10.2. The third-order valence-electron chi connectivity index (χ3n) is 3.68. The minimum Gasteiger partial charge on any atom is -0.381 e. The zero-order chi connectivity index (χ0) is 13.4. The Hall–Kier alpha value is -2.23. The van der Waals surface area contributed by atoms with Crippen molar-refractivity contribution in [2.45, 2.75) is 20.4 Å². The van der Waals surface area contributed by atoms with Gasteiger partial charge in [0.25, 0.3) is 0 Å². The summed E-state index contributed by atoms with van der Waals surface area (Å²) in [6.07, 6.45) is 1.96. The third-order valence-corrected chi connectivity index (χ3v) is 3.68. The van der Waals surface area contributed by atoms with Crippen LogP contribution in [-0.4, -0.2) is 14.8 Å². The Morgan fingerprint density at radius 3 is 2.84 bits per heavy atom. The SMILES string of the molecule is Cc1nn(C)c(C)c1CNc1ccc2[nH]ccc2c1. The van der Waals surface area contributed by atoms with E-state index in [1.165, 1.54) is 22.2 Å². The van der Waals surface area contributed by atoms with Gasteiger partial charge in [-0.3, -0.25) is 4.68 Å². The van der Waals surface area contributed by atoms with Crippen molar-refractivity contribution < 1.29 is 0 Å². The summed E-state index contributed by atoms with van der Waals surface area (Å²) in [7, 11) is 1.98. The van der Waals surface area contributed by atoms with Gasteiger partial charge >= 0.3 is 0 Å². The van der Waals surface area contributed by atoms with Crippen LogP contribution in [0.1, 0.15) is 17.0 Å².